The Morgan fingerprint density at radius 2 is 1.40 bits per heavy atom. The number of pyridine rings is 1. The summed E-state index contributed by atoms with van der Waals surface area (Å²) < 4.78 is 187. The van der Waals surface area contributed by atoms with Crippen molar-refractivity contribution >= 4 is 60.7 Å². The van der Waals surface area contributed by atoms with E-state index in [4.69, 9.17) is 19.7 Å². The third-order valence-electron chi connectivity index (χ3n) is 20.6. The zero-order chi connectivity index (χ0) is 83.0. The first-order chi connectivity index (χ1) is 52.9. The molecule has 610 valence electrons. The van der Waals surface area contributed by atoms with Gasteiger partial charge in [0.25, 0.3) is 0 Å². The molecular formula is C77H86F10N9O16P. The molecule has 0 aliphatic carbocycles. The number of hydrogen-bond acceptors (Lipinski definition) is 19. The second-order valence-corrected chi connectivity index (χ2v) is 31.7. The minimum absolute atomic E-state index is 0.000503. The second kappa shape index (κ2) is 35.7. The van der Waals surface area contributed by atoms with Crippen molar-refractivity contribution in [2.45, 2.75) is 161 Å². The van der Waals surface area contributed by atoms with E-state index in [1.54, 1.807) is 12.3 Å². The number of nitrogens with zero attached hydrogens (tertiary/aromatic N) is 6. The second-order valence-electron chi connectivity index (χ2n) is 30.0. The lowest BCUT2D eigenvalue weighted by Crippen LogP contribution is -2.62. The number of Topliss-reactive ketones (excluding diaryl/α,β-unsaturated/α-hetero) is 1. The van der Waals surface area contributed by atoms with Crippen LogP contribution in [0, 0.1) is 53.1 Å². The van der Waals surface area contributed by atoms with Crippen LogP contribution in [0.25, 0.3) is 11.3 Å². The summed E-state index contributed by atoms with van der Waals surface area (Å²) in [7, 11) is -3.50. The van der Waals surface area contributed by atoms with Gasteiger partial charge in [-0.05, 0) is 123 Å². The number of rotatable bonds is 31. The van der Waals surface area contributed by atoms with Crippen LogP contribution in [0.5, 0.6) is 0 Å². The van der Waals surface area contributed by atoms with Crippen LogP contribution in [-0.4, -0.2) is 171 Å². The number of esters is 2. The van der Waals surface area contributed by atoms with Crippen molar-refractivity contribution in [1.82, 2.24) is 35.4 Å². The molecule has 3 aliphatic rings. The largest absolute Gasteiger partial charge is 0.469 e. The van der Waals surface area contributed by atoms with Crippen LogP contribution in [0.3, 0.4) is 0 Å². The summed E-state index contributed by atoms with van der Waals surface area (Å²) in [6.07, 6.45) is -15.5. The minimum atomic E-state index is -5.32. The van der Waals surface area contributed by atoms with Gasteiger partial charge in [-0.25, -0.2) is 33.0 Å². The number of methoxy groups -OCH3 is 2. The van der Waals surface area contributed by atoms with E-state index >= 15 is 44.7 Å². The Bertz CT molecular complexity index is 4560. The summed E-state index contributed by atoms with van der Waals surface area (Å²) in [5.74, 6) is -8.40. The van der Waals surface area contributed by atoms with Gasteiger partial charge in [-0.15, -0.1) is 0 Å². The lowest BCUT2D eigenvalue weighted by molar-refractivity contribution is -0.231. The van der Waals surface area contributed by atoms with Crippen LogP contribution in [-0.2, 0) is 83.3 Å². The number of ether oxygens (including phenoxy) is 4. The highest BCUT2D eigenvalue weighted by molar-refractivity contribution is 7.50. The molecule has 5 heterocycles. The van der Waals surface area contributed by atoms with Gasteiger partial charge < -0.3 is 44.3 Å². The third-order valence-corrected chi connectivity index (χ3v) is 21.4. The van der Waals surface area contributed by atoms with E-state index in [9.17, 15) is 47.1 Å². The van der Waals surface area contributed by atoms with Crippen LogP contribution in [0.2, 0.25) is 0 Å². The number of aryl methyl sites for hydroxylation is 1. The first-order valence-corrected chi connectivity index (χ1v) is 37.4. The number of nitrogens with one attached hydrogen (secondary N) is 3. The van der Waals surface area contributed by atoms with E-state index in [0.29, 0.717) is 92.9 Å². The summed E-state index contributed by atoms with van der Waals surface area (Å²) >= 11 is 0. The number of alkyl halides is 8. The molecule has 0 radical (unpaired) electrons. The maximum absolute atomic E-state index is 16.9. The van der Waals surface area contributed by atoms with E-state index in [1.165, 1.54) is 75.4 Å². The van der Waals surface area contributed by atoms with Crippen molar-refractivity contribution in [3.05, 3.63) is 165 Å². The van der Waals surface area contributed by atoms with Gasteiger partial charge in [0.1, 0.15) is 29.6 Å². The van der Waals surface area contributed by atoms with Gasteiger partial charge in [0, 0.05) is 89.8 Å². The topological polar surface area (TPSA) is 320 Å². The summed E-state index contributed by atoms with van der Waals surface area (Å²) in [6, 6.07) is 18.2. The van der Waals surface area contributed by atoms with Gasteiger partial charge in [-0.3, -0.25) is 43.8 Å². The predicted molar refractivity (Wildman–Crippen MR) is 387 cm³/mol. The quantitative estimate of drug-likeness (QED) is 0.00448. The molecule has 6 aromatic rings. The molecule has 3 amide bonds. The van der Waals surface area contributed by atoms with Crippen LogP contribution in [0.15, 0.2) is 103 Å². The molecule has 0 saturated carbocycles. The van der Waals surface area contributed by atoms with Crippen molar-refractivity contribution in [3.8, 4) is 23.1 Å². The number of anilines is 2. The lowest BCUT2D eigenvalue weighted by atomic mass is 9.75. The molecule has 4 aromatic carbocycles. The van der Waals surface area contributed by atoms with Crippen molar-refractivity contribution in [2.24, 2.45) is 22.7 Å². The minimum Gasteiger partial charge on any atom is -0.469 e. The van der Waals surface area contributed by atoms with Gasteiger partial charge in [0.15, 0.2) is 5.78 Å². The number of halogens is 10. The summed E-state index contributed by atoms with van der Waals surface area (Å²) in [5, 5.41) is 17.7. The van der Waals surface area contributed by atoms with Crippen LogP contribution in [0.4, 0.5) is 60.2 Å². The number of alkyl carbamates (subject to hydrolysis) is 1. The van der Waals surface area contributed by atoms with Crippen molar-refractivity contribution < 1.29 is 121 Å². The molecule has 0 spiro atoms. The Hall–Kier alpha value is -9.82. The van der Waals surface area contributed by atoms with E-state index in [2.05, 4.69) is 51.8 Å². The van der Waals surface area contributed by atoms with Gasteiger partial charge >= 0.3 is 50.5 Å². The zero-order valence-corrected chi connectivity index (χ0v) is 63.8. The highest BCUT2D eigenvalue weighted by Gasteiger charge is 2.57. The van der Waals surface area contributed by atoms with Crippen molar-refractivity contribution in [2.75, 3.05) is 57.3 Å². The number of fused-ring (bicyclic) bond motifs is 2. The molecule has 2 bridgehead atoms. The maximum Gasteiger partial charge on any atom is 0.407 e. The molecule has 6 N–H and O–H groups in total. The smallest absolute Gasteiger partial charge is 0.407 e. The summed E-state index contributed by atoms with van der Waals surface area (Å²) in [5.41, 5.74) is -6.80. The molecule has 3 aliphatic heterocycles. The third kappa shape index (κ3) is 21.7. The van der Waals surface area contributed by atoms with Crippen LogP contribution < -0.4 is 21.0 Å². The average molecular weight is 1610 g/mol. The van der Waals surface area contributed by atoms with Crippen molar-refractivity contribution in [1.29, 1.82) is 0 Å². The molecule has 2 aromatic heterocycles. The van der Waals surface area contributed by atoms with E-state index in [1.807, 2.05) is 11.4 Å². The maximum atomic E-state index is 16.9. The molecule has 3 fully saturated rings. The number of carbonyl (C=O) groups is 7. The van der Waals surface area contributed by atoms with Gasteiger partial charge in [0.2, 0.25) is 11.8 Å². The summed E-state index contributed by atoms with van der Waals surface area (Å²) in [4.78, 5) is 132. The molecule has 6 atom stereocenters. The van der Waals surface area contributed by atoms with Crippen LogP contribution in [0.1, 0.15) is 135 Å². The van der Waals surface area contributed by atoms with Crippen molar-refractivity contribution in [3.63, 3.8) is 0 Å². The Kier molecular flexibility index (Phi) is 27.5. The number of aromatic nitrogens is 3. The number of benzene rings is 4. The average Bonchev–Trinajstić information content (AvgIpc) is 1.49. The fraction of sp³-hybridized carbons (Fsp3) is 0.468. The molecular weight excluding hydrogens is 1530 g/mol. The fourth-order valence-corrected chi connectivity index (χ4v) is 15.2. The molecule has 3 saturated heterocycles. The van der Waals surface area contributed by atoms with E-state index in [0.717, 1.165) is 64.3 Å². The van der Waals surface area contributed by atoms with Gasteiger partial charge in [-0.2, -0.15) is 45.5 Å². The first kappa shape index (κ1) is 87.2. The summed E-state index contributed by atoms with van der Waals surface area (Å²) in [6.45, 7) is 3.71. The number of carbonyl (C=O) groups excluding carboxylic acids is 7. The molecule has 36 heteroatoms. The molecule has 113 heavy (non-hydrogen) atoms. The monoisotopic (exact) mass is 1610 g/mol. The standard InChI is InChI=1S/C77H86F10N9O16P/c1-43-25-50(32-64(98)89-52-12-10-11-47(28-52)70(102)112-104)67(51(26-43)42-113(105,106)107)73(2,3)34-66(100)111-62(39-94(92-69(101)57(33-65(99)108-8)74(4,5)76(82,83)84)38-56-58(78)29-48(30-59(56)79)60-23-24-95(91-60)71(80)81)49(31-61(97)68(90-72(103)109-9)75(6,7)77(85,86)87)27-45-16-13-44(14-17-45)15-18-46-19-22-63(88-35-46)93-36-53-20-21-54(37-93)96(53)55-40-110-41-55/h10-14,16-17,19,22-26,28-30,35,49,53-55,57,62,68,71,104H,20-21,27,31-34,36-42H2,1-9H3,(H,89,98)(H,90,103)(H,92,101)(H2,105,106,107)/t49-,53?,54?,57-,62+,68-/m1/s1. The molecule has 2 unspecified atom stereocenters. The number of piperazine rings is 1. The Morgan fingerprint density at radius 1 is 0.770 bits per heavy atom. The lowest BCUT2D eigenvalue weighted by Gasteiger charge is -2.47. The fourth-order valence-electron chi connectivity index (χ4n) is 14.5. The first-order valence-electron chi connectivity index (χ1n) is 35.6. The van der Waals surface area contributed by atoms with Gasteiger partial charge in [0.05, 0.1) is 93.4 Å². The highest BCUT2D eigenvalue weighted by atomic mass is 31.2. The SMILES string of the molecule is COC(=O)C[C@H](C(=O)NN(Cc1c(F)cc(-c2ccn(C(F)F)n2)cc1F)C[C@H](OC(=O)CC(C)(C)c1c(CC(=O)Nc2cccc(C(=O)OO)c2)cc(C)cc1CP(=O)(O)O)[C@@H](CC(=O)[C@@H](NC(=O)OC)C(C)(C)C(F)(F)F)Cc1ccc(C#Cc2ccc(N3CC4CCC(C3)N4C3COC3)nc2)cc1)C(C)(C)C(F)(F)F. The number of hydrazine groups is 1. The molecule has 9 rings (SSSR count). The zero-order valence-electron chi connectivity index (χ0n) is 62.9. The normalized spacial score (nSPS) is 16.8. The number of amides is 3. The van der Waals surface area contributed by atoms with Gasteiger partial charge in [-0.1, -0.05) is 75.4 Å². The van der Waals surface area contributed by atoms with E-state index < -0.39 is 188 Å². The Balaban J connectivity index is 1.17. The van der Waals surface area contributed by atoms with Crippen LogP contribution >= 0.6 is 7.60 Å². The van der Waals surface area contributed by atoms with E-state index in [-0.39, 0.29) is 38.2 Å². The highest BCUT2D eigenvalue weighted by Crippen LogP contribution is 2.48. The Morgan fingerprint density at radius 3 is 1.96 bits per heavy atom. The number of hydrogen-bond donors (Lipinski definition) is 6. The number of ketones is 1. The Labute approximate surface area is 643 Å². The predicted octanol–water partition coefficient (Wildman–Crippen LogP) is 11.9. The molecule has 25 nitrogen and oxygen atoms in total.